The summed E-state index contributed by atoms with van der Waals surface area (Å²) < 4.78 is 22.5. The average Bonchev–Trinajstić information content (AvgIpc) is 2.15. The minimum atomic E-state index is -3.24. The highest BCUT2D eigenvalue weighted by atomic mass is 32.2. The molecule has 0 saturated carbocycles. The van der Waals surface area contributed by atoms with Gasteiger partial charge in [-0.05, 0) is 19.9 Å². The highest BCUT2D eigenvalue weighted by Crippen LogP contribution is 2.20. The van der Waals surface area contributed by atoms with Gasteiger partial charge in [0.1, 0.15) is 0 Å². The van der Waals surface area contributed by atoms with Gasteiger partial charge in [-0.3, -0.25) is 4.98 Å². The molecule has 84 valence electrons. The van der Waals surface area contributed by atoms with Crippen molar-refractivity contribution in [3.8, 4) is 0 Å². The molecular formula is C10H15NO3S. The molecule has 0 amide bonds. The van der Waals surface area contributed by atoms with E-state index in [1.165, 1.54) is 13.1 Å². The molecule has 0 aliphatic rings. The fourth-order valence-corrected chi connectivity index (χ4v) is 1.78. The van der Waals surface area contributed by atoms with Crippen molar-refractivity contribution < 1.29 is 13.5 Å². The van der Waals surface area contributed by atoms with Crippen LogP contribution >= 0.6 is 0 Å². The Bertz CT molecular complexity index is 424. The van der Waals surface area contributed by atoms with E-state index in [-0.39, 0.29) is 0 Å². The topological polar surface area (TPSA) is 67.3 Å². The van der Waals surface area contributed by atoms with Gasteiger partial charge in [0.05, 0.1) is 11.4 Å². The van der Waals surface area contributed by atoms with Crippen LogP contribution in [-0.4, -0.2) is 30.0 Å². The van der Waals surface area contributed by atoms with Crippen molar-refractivity contribution in [1.29, 1.82) is 0 Å². The molecule has 0 bridgehead atoms. The Morgan fingerprint density at radius 2 is 2.00 bits per heavy atom. The molecule has 0 fully saturated rings. The zero-order valence-electron chi connectivity index (χ0n) is 9.01. The van der Waals surface area contributed by atoms with E-state index in [1.54, 1.807) is 12.1 Å². The quantitative estimate of drug-likeness (QED) is 0.834. The monoisotopic (exact) mass is 229 g/mol. The second kappa shape index (κ2) is 4.28. The minimum Gasteiger partial charge on any atom is -0.387 e. The molecule has 1 N–H and O–H groups in total. The Hall–Kier alpha value is -0.940. The van der Waals surface area contributed by atoms with Gasteiger partial charge in [-0.15, -0.1) is 0 Å². The van der Waals surface area contributed by atoms with Crippen LogP contribution in [0.4, 0.5) is 0 Å². The van der Waals surface area contributed by atoms with E-state index in [1.807, 2.05) is 6.92 Å². The number of aromatic nitrogens is 1. The van der Waals surface area contributed by atoms with Crippen LogP contribution in [0.3, 0.4) is 0 Å². The SMILES string of the molecule is Cc1ccc(C(O)C(C)S(C)(=O)=O)cn1. The lowest BCUT2D eigenvalue weighted by atomic mass is 10.1. The number of rotatable bonds is 3. The summed E-state index contributed by atoms with van der Waals surface area (Å²) in [5, 5.41) is 8.98. The van der Waals surface area contributed by atoms with Gasteiger partial charge < -0.3 is 5.11 Å². The molecule has 5 heteroatoms. The summed E-state index contributed by atoms with van der Waals surface area (Å²) in [4.78, 5) is 4.01. The molecule has 0 spiro atoms. The van der Waals surface area contributed by atoms with Gasteiger partial charge in [-0.2, -0.15) is 0 Å². The number of aliphatic hydroxyl groups excluding tert-OH is 1. The molecular weight excluding hydrogens is 214 g/mol. The molecule has 0 aliphatic carbocycles. The number of pyridine rings is 1. The maximum absolute atomic E-state index is 11.2. The van der Waals surface area contributed by atoms with Crippen molar-refractivity contribution in [2.75, 3.05) is 6.26 Å². The number of aryl methyl sites for hydroxylation is 1. The molecule has 1 rings (SSSR count). The summed E-state index contributed by atoms with van der Waals surface area (Å²) in [6.45, 7) is 3.32. The summed E-state index contributed by atoms with van der Waals surface area (Å²) in [6, 6.07) is 3.43. The lowest BCUT2D eigenvalue weighted by Gasteiger charge is -2.17. The second-order valence-electron chi connectivity index (χ2n) is 3.71. The van der Waals surface area contributed by atoms with Crippen LogP contribution in [0.5, 0.6) is 0 Å². The van der Waals surface area contributed by atoms with Gasteiger partial charge in [0.25, 0.3) is 0 Å². The zero-order chi connectivity index (χ0) is 11.6. The van der Waals surface area contributed by atoms with Gasteiger partial charge >= 0.3 is 0 Å². The van der Waals surface area contributed by atoms with Crippen molar-refractivity contribution >= 4 is 9.84 Å². The van der Waals surface area contributed by atoms with Gasteiger partial charge in [0, 0.05) is 23.7 Å². The molecule has 0 aromatic carbocycles. The smallest absolute Gasteiger partial charge is 0.152 e. The highest BCUT2D eigenvalue weighted by Gasteiger charge is 2.25. The Morgan fingerprint density at radius 1 is 1.40 bits per heavy atom. The van der Waals surface area contributed by atoms with Crippen molar-refractivity contribution in [2.45, 2.75) is 25.2 Å². The predicted molar refractivity (Wildman–Crippen MR) is 58.2 cm³/mol. The van der Waals surface area contributed by atoms with Crippen LogP contribution in [0.15, 0.2) is 18.3 Å². The number of aliphatic hydroxyl groups is 1. The number of hydrogen-bond acceptors (Lipinski definition) is 4. The first-order chi connectivity index (χ1) is 6.82. The van der Waals surface area contributed by atoms with Crippen molar-refractivity contribution in [1.82, 2.24) is 4.98 Å². The summed E-state index contributed by atoms with van der Waals surface area (Å²) in [5.74, 6) is 0. The largest absolute Gasteiger partial charge is 0.387 e. The van der Waals surface area contributed by atoms with E-state index in [0.29, 0.717) is 5.56 Å². The number of nitrogens with zero attached hydrogens (tertiary/aromatic N) is 1. The van der Waals surface area contributed by atoms with Crippen molar-refractivity contribution in [2.24, 2.45) is 0 Å². The van der Waals surface area contributed by atoms with E-state index in [9.17, 15) is 13.5 Å². The number of hydrogen-bond donors (Lipinski definition) is 1. The van der Waals surface area contributed by atoms with E-state index < -0.39 is 21.2 Å². The maximum atomic E-state index is 11.2. The standard InChI is InChI=1S/C10H15NO3S/c1-7-4-5-9(6-11-7)10(12)8(2)15(3,13)14/h4-6,8,10,12H,1-3H3. The van der Waals surface area contributed by atoms with Gasteiger partial charge in [-0.25, -0.2) is 8.42 Å². The van der Waals surface area contributed by atoms with Crippen LogP contribution in [0.25, 0.3) is 0 Å². The van der Waals surface area contributed by atoms with Gasteiger partial charge in [0.2, 0.25) is 0 Å². The van der Waals surface area contributed by atoms with Crippen molar-refractivity contribution in [3.63, 3.8) is 0 Å². The molecule has 15 heavy (non-hydrogen) atoms. The third kappa shape index (κ3) is 3.00. The van der Waals surface area contributed by atoms with Gasteiger partial charge in [0.15, 0.2) is 9.84 Å². The third-order valence-electron chi connectivity index (χ3n) is 2.40. The van der Waals surface area contributed by atoms with E-state index in [4.69, 9.17) is 0 Å². The van der Waals surface area contributed by atoms with Crippen LogP contribution in [0.2, 0.25) is 0 Å². The predicted octanol–water partition coefficient (Wildman–Crippen LogP) is 0.857. The summed E-state index contributed by atoms with van der Waals surface area (Å²) in [6.07, 6.45) is 1.59. The molecule has 1 aromatic rings. The Kier molecular flexibility index (Phi) is 3.46. The van der Waals surface area contributed by atoms with Crippen LogP contribution < -0.4 is 0 Å². The lowest BCUT2D eigenvalue weighted by Crippen LogP contribution is -2.24. The molecule has 2 atom stereocenters. The summed E-state index contributed by atoms with van der Waals surface area (Å²) in [5.41, 5.74) is 1.36. The summed E-state index contributed by atoms with van der Waals surface area (Å²) in [7, 11) is -3.24. The first-order valence-electron chi connectivity index (χ1n) is 4.62. The fraction of sp³-hybridized carbons (Fsp3) is 0.500. The Morgan fingerprint density at radius 3 is 2.40 bits per heavy atom. The third-order valence-corrected chi connectivity index (χ3v) is 4.00. The van der Waals surface area contributed by atoms with E-state index in [2.05, 4.69) is 4.98 Å². The normalized spacial score (nSPS) is 16.0. The van der Waals surface area contributed by atoms with Crippen molar-refractivity contribution in [3.05, 3.63) is 29.6 Å². The molecule has 0 saturated heterocycles. The Balaban J connectivity index is 2.95. The first-order valence-corrected chi connectivity index (χ1v) is 6.57. The summed E-state index contributed by atoms with van der Waals surface area (Å²) >= 11 is 0. The zero-order valence-corrected chi connectivity index (χ0v) is 9.82. The molecule has 0 aliphatic heterocycles. The average molecular weight is 229 g/mol. The molecule has 2 unspecified atom stereocenters. The maximum Gasteiger partial charge on any atom is 0.152 e. The van der Waals surface area contributed by atoms with Crippen LogP contribution in [0.1, 0.15) is 24.3 Å². The fourth-order valence-electron chi connectivity index (χ4n) is 1.16. The molecule has 0 radical (unpaired) electrons. The van der Waals surface area contributed by atoms with Gasteiger partial charge in [-0.1, -0.05) is 6.07 Å². The van der Waals surface area contributed by atoms with E-state index in [0.717, 1.165) is 11.9 Å². The lowest BCUT2D eigenvalue weighted by molar-refractivity contribution is 0.176. The van der Waals surface area contributed by atoms with Crippen LogP contribution in [0, 0.1) is 6.92 Å². The number of sulfone groups is 1. The minimum absolute atomic E-state index is 0.526. The van der Waals surface area contributed by atoms with E-state index >= 15 is 0 Å². The molecule has 1 heterocycles. The molecule has 4 nitrogen and oxygen atoms in total. The van der Waals surface area contributed by atoms with Crippen LogP contribution in [-0.2, 0) is 9.84 Å². The molecule has 1 aromatic heterocycles. The second-order valence-corrected chi connectivity index (χ2v) is 6.12. The highest BCUT2D eigenvalue weighted by molar-refractivity contribution is 7.91. The Labute approximate surface area is 89.9 Å². The first kappa shape index (κ1) is 12.1.